The molecule has 0 aliphatic rings. The Morgan fingerprint density at radius 3 is 1.70 bits per heavy atom. The highest BCUT2D eigenvalue weighted by Crippen LogP contribution is 2.13. The van der Waals surface area contributed by atoms with Crippen LogP contribution in [0.15, 0.2) is 0 Å². The number of hydrogen-bond donors (Lipinski definition) is 1. The van der Waals surface area contributed by atoms with Crippen LogP contribution in [0, 0.1) is 11.8 Å². The van der Waals surface area contributed by atoms with Gasteiger partial charge in [-0.25, -0.2) is 9.59 Å². The molecular weight excluding hydrogens is 378 g/mol. The fourth-order valence-electron chi connectivity index (χ4n) is 3.29. The van der Waals surface area contributed by atoms with E-state index in [1.165, 1.54) is 64.2 Å². The molecule has 0 aromatic rings. The van der Waals surface area contributed by atoms with E-state index in [-0.39, 0.29) is 17.8 Å². The number of amides is 1. The molecule has 0 radical (unpaired) electrons. The van der Waals surface area contributed by atoms with Gasteiger partial charge in [0.05, 0.1) is 13.2 Å². The molecule has 0 aromatic heterocycles. The molecule has 0 rings (SSSR count). The Labute approximate surface area is 186 Å². The second kappa shape index (κ2) is 19.7. The molecule has 0 heterocycles. The van der Waals surface area contributed by atoms with Crippen molar-refractivity contribution < 1.29 is 19.1 Å². The van der Waals surface area contributed by atoms with E-state index in [0.717, 1.165) is 19.3 Å². The number of rotatable bonds is 19. The highest BCUT2D eigenvalue weighted by atomic mass is 16.6. The third-order valence-corrected chi connectivity index (χ3v) is 5.53. The van der Waals surface area contributed by atoms with Crippen LogP contribution < -0.4 is 5.32 Å². The lowest BCUT2D eigenvalue weighted by Crippen LogP contribution is -2.46. The Morgan fingerprint density at radius 2 is 1.23 bits per heavy atom. The van der Waals surface area contributed by atoms with Gasteiger partial charge in [0.1, 0.15) is 6.04 Å². The Bertz CT molecular complexity index is 425. The smallest absolute Gasteiger partial charge is 0.407 e. The summed E-state index contributed by atoms with van der Waals surface area (Å²) < 4.78 is 10.6. The van der Waals surface area contributed by atoms with Crippen LogP contribution in [0.25, 0.3) is 0 Å². The quantitative estimate of drug-likeness (QED) is 0.177. The minimum atomic E-state index is -0.646. The summed E-state index contributed by atoms with van der Waals surface area (Å²) in [7, 11) is 0. The third-order valence-electron chi connectivity index (χ3n) is 5.53. The molecule has 0 aromatic carbocycles. The predicted octanol–water partition coefficient (Wildman–Crippen LogP) is 7.03. The molecule has 0 bridgehead atoms. The fourth-order valence-corrected chi connectivity index (χ4v) is 3.29. The van der Waals surface area contributed by atoms with E-state index < -0.39 is 12.1 Å². The van der Waals surface area contributed by atoms with Crippen LogP contribution >= 0.6 is 0 Å². The van der Waals surface area contributed by atoms with Crippen LogP contribution in [0.2, 0.25) is 0 Å². The number of nitrogens with one attached hydrogen (secondary N) is 1. The van der Waals surface area contributed by atoms with Gasteiger partial charge in [-0.05, 0) is 18.3 Å². The normalized spacial score (nSPS) is 13.1. The summed E-state index contributed by atoms with van der Waals surface area (Å²) in [5.74, 6) is -0.0875. The van der Waals surface area contributed by atoms with Crippen LogP contribution in [0.3, 0.4) is 0 Å². The van der Waals surface area contributed by atoms with Gasteiger partial charge in [-0.15, -0.1) is 0 Å². The summed E-state index contributed by atoms with van der Waals surface area (Å²) in [5, 5.41) is 2.68. The maximum atomic E-state index is 12.4. The monoisotopic (exact) mass is 427 g/mol. The van der Waals surface area contributed by atoms with E-state index in [2.05, 4.69) is 12.2 Å². The summed E-state index contributed by atoms with van der Waals surface area (Å²) in [6.07, 6.45) is 15.5. The number of unbranched alkanes of at least 4 members (excludes halogenated alkanes) is 11. The highest BCUT2D eigenvalue weighted by molar-refractivity contribution is 5.81. The van der Waals surface area contributed by atoms with Gasteiger partial charge in [-0.3, -0.25) is 0 Å². The van der Waals surface area contributed by atoms with Crippen molar-refractivity contribution in [1.82, 2.24) is 5.32 Å². The number of alkyl carbamates (subject to hydrolysis) is 1. The van der Waals surface area contributed by atoms with E-state index >= 15 is 0 Å². The van der Waals surface area contributed by atoms with Crippen molar-refractivity contribution in [3.63, 3.8) is 0 Å². The lowest BCUT2D eigenvalue weighted by molar-refractivity contribution is -0.147. The molecule has 2 atom stereocenters. The van der Waals surface area contributed by atoms with Gasteiger partial charge in [-0.2, -0.15) is 0 Å². The van der Waals surface area contributed by atoms with Gasteiger partial charge in [0.2, 0.25) is 0 Å². The zero-order valence-corrected chi connectivity index (χ0v) is 20.5. The van der Waals surface area contributed by atoms with Crippen molar-refractivity contribution in [2.24, 2.45) is 11.8 Å². The maximum Gasteiger partial charge on any atom is 0.407 e. The minimum absolute atomic E-state index is 0.00562. The van der Waals surface area contributed by atoms with Crippen LogP contribution in [0.4, 0.5) is 4.79 Å². The van der Waals surface area contributed by atoms with Crippen molar-refractivity contribution >= 4 is 12.1 Å². The molecule has 0 aliphatic carbocycles. The molecule has 0 spiro atoms. The first-order valence-corrected chi connectivity index (χ1v) is 12.5. The van der Waals surface area contributed by atoms with Crippen molar-refractivity contribution in [1.29, 1.82) is 0 Å². The van der Waals surface area contributed by atoms with Crippen LogP contribution in [0.5, 0.6) is 0 Å². The summed E-state index contributed by atoms with van der Waals surface area (Å²) >= 11 is 0. The number of carbonyl (C=O) groups excluding carboxylic acids is 2. The molecule has 0 aliphatic heterocycles. The first-order chi connectivity index (χ1) is 14.4. The molecule has 5 nitrogen and oxygen atoms in total. The second-order valence-corrected chi connectivity index (χ2v) is 9.06. The van der Waals surface area contributed by atoms with Gasteiger partial charge in [-0.1, -0.05) is 112 Å². The average Bonchev–Trinajstić information content (AvgIpc) is 2.73. The van der Waals surface area contributed by atoms with E-state index in [0.29, 0.717) is 13.2 Å². The molecule has 5 heteroatoms. The van der Waals surface area contributed by atoms with E-state index in [1.807, 2.05) is 27.7 Å². The van der Waals surface area contributed by atoms with Gasteiger partial charge in [0, 0.05) is 0 Å². The first kappa shape index (κ1) is 28.7. The number of hydrogen-bond acceptors (Lipinski definition) is 4. The van der Waals surface area contributed by atoms with Crippen molar-refractivity contribution in [3.05, 3.63) is 0 Å². The van der Waals surface area contributed by atoms with E-state index in [9.17, 15) is 9.59 Å². The van der Waals surface area contributed by atoms with Crippen LogP contribution in [-0.4, -0.2) is 31.3 Å². The molecule has 178 valence electrons. The standard InChI is InChI=1S/C25H49NO4/c1-6-8-9-10-11-12-13-14-15-16-17-18-19-29-24(27)23(22(5)7-2)26-25(28)30-20-21(3)4/h21-23H,6-20H2,1-5H3,(H,26,28). The SMILES string of the molecule is CCCCCCCCCCCCCCOC(=O)C(NC(=O)OCC(C)C)C(C)CC. The Balaban J connectivity index is 3.84. The zero-order valence-electron chi connectivity index (χ0n) is 20.5. The predicted molar refractivity (Wildman–Crippen MR) is 125 cm³/mol. The largest absolute Gasteiger partial charge is 0.464 e. The molecule has 1 amide bonds. The maximum absolute atomic E-state index is 12.4. The summed E-state index contributed by atoms with van der Waals surface area (Å²) in [4.78, 5) is 24.4. The number of carbonyl (C=O) groups is 2. The minimum Gasteiger partial charge on any atom is -0.464 e. The zero-order chi connectivity index (χ0) is 22.6. The lowest BCUT2D eigenvalue weighted by Gasteiger charge is -2.22. The van der Waals surface area contributed by atoms with Gasteiger partial charge in [0.25, 0.3) is 0 Å². The Hall–Kier alpha value is -1.26. The van der Waals surface area contributed by atoms with Crippen molar-refractivity contribution in [2.45, 2.75) is 124 Å². The number of ether oxygens (including phenoxy) is 2. The van der Waals surface area contributed by atoms with Crippen molar-refractivity contribution in [2.75, 3.05) is 13.2 Å². The van der Waals surface area contributed by atoms with Gasteiger partial charge < -0.3 is 14.8 Å². The molecule has 30 heavy (non-hydrogen) atoms. The lowest BCUT2D eigenvalue weighted by atomic mass is 9.99. The van der Waals surface area contributed by atoms with E-state index in [1.54, 1.807) is 0 Å². The van der Waals surface area contributed by atoms with Gasteiger partial charge in [0.15, 0.2) is 0 Å². The third kappa shape index (κ3) is 16.5. The molecular formula is C25H49NO4. The van der Waals surface area contributed by atoms with Gasteiger partial charge >= 0.3 is 12.1 Å². The fraction of sp³-hybridized carbons (Fsp3) is 0.920. The molecule has 1 N–H and O–H groups in total. The highest BCUT2D eigenvalue weighted by Gasteiger charge is 2.27. The van der Waals surface area contributed by atoms with Crippen molar-refractivity contribution in [3.8, 4) is 0 Å². The topological polar surface area (TPSA) is 64.6 Å². The van der Waals surface area contributed by atoms with Crippen LogP contribution in [-0.2, 0) is 14.3 Å². The molecule has 0 fully saturated rings. The Morgan fingerprint density at radius 1 is 0.733 bits per heavy atom. The average molecular weight is 428 g/mol. The summed E-state index contributed by atoms with van der Waals surface area (Å²) in [5.41, 5.74) is 0. The molecule has 0 saturated carbocycles. The summed E-state index contributed by atoms with van der Waals surface area (Å²) in [6.45, 7) is 10.9. The Kier molecular flexibility index (Phi) is 18.9. The molecule has 2 unspecified atom stereocenters. The molecule has 0 saturated heterocycles. The second-order valence-electron chi connectivity index (χ2n) is 9.06. The number of esters is 1. The summed E-state index contributed by atoms with van der Waals surface area (Å²) in [6, 6.07) is -0.646. The van der Waals surface area contributed by atoms with E-state index in [4.69, 9.17) is 9.47 Å². The first-order valence-electron chi connectivity index (χ1n) is 12.5. The van der Waals surface area contributed by atoms with Crippen LogP contribution in [0.1, 0.15) is 118 Å².